The molecule has 2 fully saturated rings. The van der Waals surface area contributed by atoms with Gasteiger partial charge < -0.3 is 11.1 Å². The van der Waals surface area contributed by atoms with Crippen LogP contribution in [0, 0.1) is 27.9 Å². The molecule has 0 aliphatic heterocycles. The van der Waals surface area contributed by atoms with Crippen molar-refractivity contribution in [3.8, 4) is 0 Å². The van der Waals surface area contributed by atoms with Crippen LogP contribution in [0.5, 0.6) is 0 Å². The second kappa shape index (κ2) is 4.72. The average Bonchev–Trinajstić information content (AvgIpc) is 3.23. The molecule has 0 atom stereocenters. The van der Waals surface area contributed by atoms with Gasteiger partial charge in [-0.25, -0.2) is 0 Å². The minimum atomic E-state index is -0.402. The molecule has 0 aromatic heterocycles. The van der Waals surface area contributed by atoms with Crippen molar-refractivity contribution in [3.63, 3.8) is 0 Å². The predicted octanol–water partition coefficient (Wildman–Crippen LogP) is 3.03. The van der Waals surface area contributed by atoms with Gasteiger partial charge in [0.05, 0.1) is 4.92 Å². The highest BCUT2D eigenvalue weighted by Crippen LogP contribution is 2.49. The standard InChI is InChI=1S/C14H19N3O2/c15-11-5-12(7-13(6-11)17(18)19)16-8-14(9-1-2-9)10-3-4-10/h5-7,9-10,14,16H,1-4,8,15H2. The van der Waals surface area contributed by atoms with Crippen LogP contribution in [0.1, 0.15) is 25.7 Å². The Bertz CT molecular complexity index is 483. The van der Waals surface area contributed by atoms with Crippen molar-refractivity contribution < 1.29 is 4.92 Å². The Kier molecular flexibility index (Phi) is 3.05. The SMILES string of the molecule is Nc1cc(NCC(C2CC2)C2CC2)cc([N+](=O)[O-])c1. The number of nitro benzene ring substituents is 1. The summed E-state index contributed by atoms with van der Waals surface area (Å²) in [5, 5.41) is 14.1. The molecular formula is C14H19N3O2. The monoisotopic (exact) mass is 261 g/mol. The number of rotatable bonds is 6. The maximum absolute atomic E-state index is 10.8. The molecule has 2 aliphatic carbocycles. The molecule has 5 nitrogen and oxygen atoms in total. The van der Waals surface area contributed by atoms with Crippen LogP contribution in [0.2, 0.25) is 0 Å². The van der Waals surface area contributed by atoms with Crippen LogP contribution in [0.15, 0.2) is 18.2 Å². The molecule has 1 aromatic carbocycles. The molecule has 5 heteroatoms. The fourth-order valence-electron chi connectivity index (χ4n) is 2.84. The minimum absolute atomic E-state index is 0.0527. The van der Waals surface area contributed by atoms with Gasteiger partial charge >= 0.3 is 0 Å². The van der Waals surface area contributed by atoms with Gasteiger partial charge in [-0.3, -0.25) is 10.1 Å². The van der Waals surface area contributed by atoms with E-state index in [2.05, 4.69) is 5.32 Å². The molecule has 0 heterocycles. The van der Waals surface area contributed by atoms with E-state index in [4.69, 9.17) is 5.73 Å². The van der Waals surface area contributed by atoms with Gasteiger partial charge in [-0.1, -0.05) is 0 Å². The van der Waals surface area contributed by atoms with Crippen LogP contribution in [0.3, 0.4) is 0 Å². The number of anilines is 2. The highest BCUT2D eigenvalue weighted by atomic mass is 16.6. The molecule has 19 heavy (non-hydrogen) atoms. The molecule has 0 amide bonds. The molecule has 0 bridgehead atoms. The number of nitrogens with two attached hydrogens (primary N) is 1. The third-order valence-electron chi connectivity index (χ3n) is 4.15. The van der Waals surface area contributed by atoms with E-state index in [0.29, 0.717) is 5.69 Å². The number of benzene rings is 1. The lowest BCUT2D eigenvalue weighted by Gasteiger charge is -2.17. The van der Waals surface area contributed by atoms with Crippen molar-refractivity contribution >= 4 is 17.1 Å². The molecule has 2 aliphatic rings. The van der Waals surface area contributed by atoms with Crippen molar-refractivity contribution in [2.24, 2.45) is 17.8 Å². The molecule has 0 saturated heterocycles. The number of nitrogen functional groups attached to an aromatic ring is 1. The molecule has 0 unspecified atom stereocenters. The van der Waals surface area contributed by atoms with Gasteiger partial charge in [0.25, 0.3) is 5.69 Å². The van der Waals surface area contributed by atoms with Crippen LogP contribution < -0.4 is 11.1 Å². The first-order valence-electron chi connectivity index (χ1n) is 6.92. The van der Waals surface area contributed by atoms with Gasteiger partial charge in [0.1, 0.15) is 0 Å². The summed E-state index contributed by atoms with van der Waals surface area (Å²) in [6.07, 6.45) is 5.39. The predicted molar refractivity (Wildman–Crippen MR) is 74.9 cm³/mol. The van der Waals surface area contributed by atoms with E-state index in [9.17, 15) is 10.1 Å². The van der Waals surface area contributed by atoms with Gasteiger partial charge in [0.15, 0.2) is 0 Å². The van der Waals surface area contributed by atoms with Gasteiger partial charge in [-0.2, -0.15) is 0 Å². The third-order valence-corrected chi connectivity index (χ3v) is 4.15. The number of non-ortho nitro benzene ring substituents is 1. The lowest BCUT2D eigenvalue weighted by atomic mass is 9.98. The van der Waals surface area contributed by atoms with E-state index in [1.54, 1.807) is 12.1 Å². The van der Waals surface area contributed by atoms with Crippen molar-refractivity contribution in [1.82, 2.24) is 0 Å². The van der Waals surface area contributed by atoms with Crippen LogP contribution >= 0.6 is 0 Å². The summed E-state index contributed by atoms with van der Waals surface area (Å²) >= 11 is 0. The van der Waals surface area contributed by atoms with E-state index in [0.717, 1.165) is 30.0 Å². The highest BCUT2D eigenvalue weighted by molar-refractivity contribution is 5.61. The summed E-state index contributed by atoms with van der Waals surface area (Å²) in [6.45, 7) is 0.913. The van der Waals surface area contributed by atoms with Crippen LogP contribution in [-0.2, 0) is 0 Å². The minimum Gasteiger partial charge on any atom is -0.398 e. The normalized spacial score (nSPS) is 18.6. The summed E-state index contributed by atoms with van der Waals surface area (Å²) in [5.41, 5.74) is 6.95. The topological polar surface area (TPSA) is 81.2 Å². The largest absolute Gasteiger partial charge is 0.398 e. The maximum Gasteiger partial charge on any atom is 0.273 e. The second-order valence-corrected chi connectivity index (χ2v) is 5.79. The van der Waals surface area contributed by atoms with Crippen LogP contribution in [0.4, 0.5) is 17.1 Å². The number of nitrogens with one attached hydrogen (secondary N) is 1. The van der Waals surface area contributed by atoms with Crippen molar-refractivity contribution in [3.05, 3.63) is 28.3 Å². The zero-order valence-corrected chi connectivity index (χ0v) is 10.8. The summed E-state index contributed by atoms with van der Waals surface area (Å²) < 4.78 is 0. The zero-order chi connectivity index (χ0) is 13.4. The first kappa shape index (κ1) is 12.3. The lowest BCUT2D eigenvalue weighted by Crippen LogP contribution is -2.18. The van der Waals surface area contributed by atoms with Crippen molar-refractivity contribution in [1.29, 1.82) is 0 Å². The van der Waals surface area contributed by atoms with Gasteiger partial charge in [-0.15, -0.1) is 0 Å². The van der Waals surface area contributed by atoms with Crippen molar-refractivity contribution in [2.75, 3.05) is 17.6 Å². The third kappa shape index (κ3) is 2.97. The second-order valence-electron chi connectivity index (χ2n) is 5.79. The Morgan fingerprint density at radius 3 is 2.42 bits per heavy atom. The highest BCUT2D eigenvalue weighted by Gasteiger charge is 2.40. The summed E-state index contributed by atoms with van der Waals surface area (Å²) in [7, 11) is 0. The van der Waals surface area contributed by atoms with E-state index in [-0.39, 0.29) is 5.69 Å². The first-order valence-corrected chi connectivity index (χ1v) is 6.92. The van der Waals surface area contributed by atoms with E-state index in [1.165, 1.54) is 31.7 Å². The van der Waals surface area contributed by atoms with E-state index < -0.39 is 4.92 Å². The molecular weight excluding hydrogens is 242 g/mol. The molecule has 3 N–H and O–H groups in total. The number of hydrogen-bond acceptors (Lipinski definition) is 4. The number of nitro groups is 1. The Balaban J connectivity index is 1.66. The lowest BCUT2D eigenvalue weighted by molar-refractivity contribution is -0.384. The molecule has 1 aromatic rings. The molecule has 102 valence electrons. The first-order chi connectivity index (χ1) is 9.13. The zero-order valence-electron chi connectivity index (χ0n) is 10.8. The summed E-state index contributed by atoms with van der Waals surface area (Å²) in [5.74, 6) is 2.48. The molecule has 3 rings (SSSR count). The van der Waals surface area contributed by atoms with Gasteiger partial charge in [0.2, 0.25) is 0 Å². The molecule has 0 spiro atoms. The Labute approximate surface area is 112 Å². The molecule has 0 radical (unpaired) electrons. The van der Waals surface area contributed by atoms with Crippen LogP contribution in [0.25, 0.3) is 0 Å². The molecule has 2 saturated carbocycles. The van der Waals surface area contributed by atoms with Crippen LogP contribution in [-0.4, -0.2) is 11.5 Å². The Morgan fingerprint density at radius 2 is 1.89 bits per heavy atom. The fraction of sp³-hybridized carbons (Fsp3) is 0.571. The quantitative estimate of drug-likeness (QED) is 0.468. The van der Waals surface area contributed by atoms with E-state index >= 15 is 0 Å². The number of nitrogens with zero attached hydrogens (tertiary/aromatic N) is 1. The Hall–Kier alpha value is -1.78. The fourth-order valence-corrected chi connectivity index (χ4v) is 2.84. The van der Waals surface area contributed by atoms with Crippen molar-refractivity contribution in [2.45, 2.75) is 25.7 Å². The number of hydrogen-bond donors (Lipinski definition) is 2. The summed E-state index contributed by atoms with van der Waals surface area (Å²) in [4.78, 5) is 10.4. The van der Waals surface area contributed by atoms with E-state index in [1.807, 2.05) is 0 Å². The van der Waals surface area contributed by atoms with Gasteiger partial charge in [-0.05, 0) is 49.5 Å². The maximum atomic E-state index is 10.8. The Morgan fingerprint density at radius 1 is 1.26 bits per heavy atom. The summed E-state index contributed by atoms with van der Waals surface area (Å²) in [6, 6.07) is 4.72. The average molecular weight is 261 g/mol. The smallest absolute Gasteiger partial charge is 0.273 e. The van der Waals surface area contributed by atoms with Gasteiger partial charge in [0, 0.05) is 30.1 Å².